The van der Waals surface area contributed by atoms with Gasteiger partial charge >= 0.3 is 0 Å². The quantitative estimate of drug-likeness (QED) is 0.436. The molecule has 1 rings (SSSR count). The van der Waals surface area contributed by atoms with Gasteiger partial charge in [-0.3, -0.25) is 0 Å². The van der Waals surface area contributed by atoms with E-state index in [4.69, 9.17) is 0 Å². The van der Waals surface area contributed by atoms with Crippen molar-refractivity contribution in [2.24, 2.45) is 11.8 Å². The fraction of sp³-hybridized carbons (Fsp3) is 1.00. The van der Waals surface area contributed by atoms with Gasteiger partial charge in [0.05, 0.1) is 0 Å². The van der Waals surface area contributed by atoms with E-state index in [0.717, 1.165) is 11.8 Å². The first kappa shape index (κ1) is 5.14. The molecule has 42 valence electrons. The lowest BCUT2D eigenvalue weighted by molar-refractivity contribution is 0.555. The van der Waals surface area contributed by atoms with E-state index in [1.54, 1.807) is 0 Å². The minimum atomic E-state index is 1.02. The largest absolute Gasteiger partial charge is 0.0625 e. The van der Waals surface area contributed by atoms with Gasteiger partial charge in [-0.05, 0) is 18.3 Å². The van der Waals surface area contributed by atoms with Gasteiger partial charge in [0.25, 0.3) is 0 Å². The fourth-order valence-corrected chi connectivity index (χ4v) is 1.49. The monoisotopic (exact) mass is 98.1 g/mol. The molecule has 2 atom stereocenters. The van der Waals surface area contributed by atoms with Crippen LogP contribution in [0.25, 0.3) is 0 Å². The van der Waals surface area contributed by atoms with Gasteiger partial charge in [0, 0.05) is 0 Å². The van der Waals surface area contributed by atoms with Crippen LogP contribution in [-0.2, 0) is 0 Å². The zero-order chi connectivity index (χ0) is 5.28. The third-order valence-corrected chi connectivity index (χ3v) is 1.96. The van der Waals surface area contributed by atoms with E-state index >= 15 is 0 Å². The van der Waals surface area contributed by atoms with E-state index in [0.29, 0.717) is 0 Å². The predicted molar refractivity (Wildman–Crippen MR) is 32.2 cm³/mol. The van der Waals surface area contributed by atoms with Crippen molar-refractivity contribution in [2.45, 2.75) is 33.1 Å². The predicted octanol–water partition coefficient (Wildman–Crippen LogP) is 2.44. The van der Waals surface area contributed by atoms with E-state index in [-0.39, 0.29) is 0 Å². The summed E-state index contributed by atoms with van der Waals surface area (Å²) in [6, 6.07) is 0. The van der Waals surface area contributed by atoms with Crippen molar-refractivity contribution < 1.29 is 0 Å². The maximum Gasteiger partial charge on any atom is -0.0440 e. The summed E-state index contributed by atoms with van der Waals surface area (Å²) in [6.07, 6.45) is 4.42. The van der Waals surface area contributed by atoms with Gasteiger partial charge < -0.3 is 0 Å². The first-order valence-corrected chi connectivity index (χ1v) is 3.29. The zero-order valence-electron chi connectivity index (χ0n) is 5.28. The Morgan fingerprint density at radius 3 is 1.57 bits per heavy atom. The average Bonchev–Trinajstić information content (AvgIpc) is 1.87. The van der Waals surface area contributed by atoms with Crippen LogP contribution in [0.1, 0.15) is 33.1 Å². The third kappa shape index (κ3) is 1.19. The van der Waals surface area contributed by atoms with E-state index in [1.807, 2.05) is 0 Å². The molecule has 7 heavy (non-hydrogen) atoms. The van der Waals surface area contributed by atoms with Crippen molar-refractivity contribution in [2.75, 3.05) is 0 Å². The molecule has 0 amide bonds. The van der Waals surface area contributed by atoms with Gasteiger partial charge in [-0.15, -0.1) is 0 Å². The highest BCUT2D eigenvalue weighted by molar-refractivity contribution is 4.68. The molecule has 0 saturated heterocycles. The van der Waals surface area contributed by atoms with Crippen LogP contribution in [0, 0.1) is 11.8 Å². The summed E-state index contributed by atoms with van der Waals surface area (Å²) in [5.41, 5.74) is 0. The van der Waals surface area contributed by atoms with E-state index in [9.17, 15) is 0 Å². The first-order valence-electron chi connectivity index (χ1n) is 3.29. The number of hydrogen-bond acceptors (Lipinski definition) is 0. The molecular formula is C7H14. The molecule has 1 aliphatic carbocycles. The summed E-state index contributed by atoms with van der Waals surface area (Å²) in [5.74, 6) is 2.05. The van der Waals surface area contributed by atoms with Gasteiger partial charge in [0.1, 0.15) is 0 Å². The maximum absolute atomic E-state index is 2.35. The lowest BCUT2D eigenvalue weighted by Gasteiger charge is -1.96. The van der Waals surface area contributed by atoms with E-state index < -0.39 is 0 Å². The summed E-state index contributed by atoms with van der Waals surface area (Å²) in [5, 5.41) is 0. The Hall–Kier alpha value is 0. The fourth-order valence-electron chi connectivity index (χ4n) is 1.49. The van der Waals surface area contributed by atoms with Crippen molar-refractivity contribution in [3.63, 3.8) is 0 Å². The van der Waals surface area contributed by atoms with Gasteiger partial charge in [0.15, 0.2) is 0 Å². The van der Waals surface area contributed by atoms with Crippen LogP contribution in [0.5, 0.6) is 0 Å². The van der Waals surface area contributed by atoms with Gasteiger partial charge in [-0.1, -0.05) is 26.7 Å². The highest BCUT2D eigenvalue weighted by Gasteiger charge is 2.15. The van der Waals surface area contributed by atoms with Crippen molar-refractivity contribution in [1.29, 1.82) is 0 Å². The highest BCUT2D eigenvalue weighted by Crippen LogP contribution is 2.29. The van der Waals surface area contributed by atoms with Crippen LogP contribution in [0.2, 0.25) is 0 Å². The molecule has 2 unspecified atom stereocenters. The minimum Gasteiger partial charge on any atom is -0.0625 e. The van der Waals surface area contributed by atoms with Crippen molar-refractivity contribution in [3.8, 4) is 0 Å². The SMILES string of the molecule is CC1CCC(C)C1. The Balaban J connectivity index is 2.26. The van der Waals surface area contributed by atoms with Crippen molar-refractivity contribution in [1.82, 2.24) is 0 Å². The van der Waals surface area contributed by atoms with Crippen molar-refractivity contribution >= 4 is 0 Å². The summed E-state index contributed by atoms with van der Waals surface area (Å²) >= 11 is 0. The molecule has 1 fully saturated rings. The lowest BCUT2D eigenvalue weighted by atomic mass is 10.1. The third-order valence-electron chi connectivity index (χ3n) is 1.96. The van der Waals surface area contributed by atoms with E-state index in [1.165, 1.54) is 19.3 Å². The van der Waals surface area contributed by atoms with Gasteiger partial charge in [-0.2, -0.15) is 0 Å². The van der Waals surface area contributed by atoms with Crippen LogP contribution < -0.4 is 0 Å². The second-order valence-electron chi connectivity index (χ2n) is 3.02. The van der Waals surface area contributed by atoms with Crippen LogP contribution in [0.3, 0.4) is 0 Å². The molecule has 0 heterocycles. The molecule has 0 spiro atoms. The molecule has 0 heteroatoms. The molecule has 0 nitrogen and oxygen atoms in total. The smallest absolute Gasteiger partial charge is 0.0440 e. The average molecular weight is 98.2 g/mol. The van der Waals surface area contributed by atoms with Crippen LogP contribution in [0.15, 0.2) is 0 Å². The van der Waals surface area contributed by atoms with Crippen molar-refractivity contribution in [3.05, 3.63) is 0 Å². The topological polar surface area (TPSA) is 0 Å². The standard InChI is InChI=1S/C7H14/c1-6-3-4-7(2)5-6/h6-7H,3-5H2,1-2H3. The lowest BCUT2D eigenvalue weighted by Crippen LogP contribution is -1.84. The Morgan fingerprint density at radius 2 is 1.43 bits per heavy atom. The molecule has 0 aromatic rings. The number of rotatable bonds is 0. The summed E-state index contributed by atoms with van der Waals surface area (Å²) in [6.45, 7) is 4.70. The summed E-state index contributed by atoms with van der Waals surface area (Å²) in [7, 11) is 0. The van der Waals surface area contributed by atoms with Gasteiger partial charge in [0.2, 0.25) is 0 Å². The minimum absolute atomic E-state index is 1.02. The Kier molecular flexibility index (Phi) is 1.36. The highest BCUT2D eigenvalue weighted by atomic mass is 14.2. The molecule has 0 aromatic heterocycles. The Bertz CT molecular complexity index is 49.1. The molecule has 1 aliphatic rings. The second-order valence-corrected chi connectivity index (χ2v) is 3.02. The zero-order valence-corrected chi connectivity index (χ0v) is 5.28. The Morgan fingerprint density at radius 1 is 1.00 bits per heavy atom. The first-order chi connectivity index (χ1) is 3.29. The van der Waals surface area contributed by atoms with Gasteiger partial charge in [-0.25, -0.2) is 0 Å². The van der Waals surface area contributed by atoms with Crippen LogP contribution >= 0.6 is 0 Å². The number of hydrogen-bond donors (Lipinski definition) is 0. The Labute approximate surface area is 45.9 Å². The molecule has 0 radical (unpaired) electrons. The van der Waals surface area contributed by atoms with Crippen LogP contribution in [-0.4, -0.2) is 0 Å². The molecule has 0 bridgehead atoms. The van der Waals surface area contributed by atoms with Crippen LogP contribution in [0.4, 0.5) is 0 Å². The van der Waals surface area contributed by atoms with E-state index in [2.05, 4.69) is 13.8 Å². The molecule has 0 aliphatic heterocycles. The summed E-state index contributed by atoms with van der Waals surface area (Å²) < 4.78 is 0. The normalized spacial score (nSPS) is 42.0. The second kappa shape index (κ2) is 1.85. The summed E-state index contributed by atoms with van der Waals surface area (Å²) in [4.78, 5) is 0. The molecule has 1 saturated carbocycles. The molecule has 0 N–H and O–H groups in total. The molecular weight excluding hydrogens is 84.1 g/mol. The molecule has 0 aromatic carbocycles. The maximum atomic E-state index is 2.35.